The van der Waals surface area contributed by atoms with E-state index in [1.54, 1.807) is 4.90 Å². The van der Waals surface area contributed by atoms with Crippen LogP contribution in [0.25, 0.3) is 0 Å². The minimum absolute atomic E-state index is 0.104. The van der Waals surface area contributed by atoms with Crippen molar-refractivity contribution >= 4 is 11.7 Å². The van der Waals surface area contributed by atoms with E-state index in [1.165, 1.54) is 18.4 Å². The summed E-state index contributed by atoms with van der Waals surface area (Å²) in [5, 5.41) is 3.44. The molecule has 2 saturated heterocycles. The lowest BCUT2D eigenvalue weighted by atomic mass is 9.91. The lowest BCUT2D eigenvalue weighted by Crippen LogP contribution is -2.29. The van der Waals surface area contributed by atoms with Crippen molar-refractivity contribution < 1.29 is 4.79 Å². The van der Waals surface area contributed by atoms with Gasteiger partial charge in [0.2, 0.25) is 0 Å². The number of anilines is 1. The minimum Gasteiger partial charge on any atom is -0.326 e. The van der Waals surface area contributed by atoms with Crippen molar-refractivity contribution in [3.8, 4) is 0 Å². The van der Waals surface area contributed by atoms with E-state index in [4.69, 9.17) is 0 Å². The maximum absolute atomic E-state index is 11.9. The molecule has 0 bridgehead atoms. The van der Waals surface area contributed by atoms with E-state index in [1.807, 2.05) is 11.9 Å². The van der Waals surface area contributed by atoms with Crippen LogP contribution in [0, 0.1) is 0 Å². The van der Waals surface area contributed by atoms with Gasteiger partial charge >= 0.3 is 6.03 Å². The van der Waals surface area contributed by atoms with Gasteiger partial charge in [-0.25, -0.2) is 4.79 Å². The third-order valence-electron chi connectivity index (χ3n) is 4.19. The lowest BCUT2D eigenvalue weighted by Gasteiger charge is -2.24. The number of carbonyl (C=O) groups is 1. The first-order chi connectivity index (χ1) is 9.25. The van der Waals surface area contributed by atoms with Gasteiger partial charge in [0, 0.05) is 32.4 Å². The van der Waals surface area contributed by atoms with Crippen molar-refractivity contribution in [2.24, 2.45) is 0 Å². The summed E-state index contributed by atoms with van der Waals surface area (Å²) in [4.78, 5) is 15.5. The van der Waals surface area contributed by atoms with Crippen molar-refractivity contribution in [1.29, 1.82) is 0 Å². The molecule has 0 spiro atoms. The van der Waals surface area contributed by atoms with Gasteiger partial charge in [0.05, 0.1) is 0 Å². The Hall–Kier alpha value is -1.55. The highest BCUT2D eigenvalue weighted by molar-refractivity contribution is 5.93. The molecule has 3 rings (SSSR count). The highest BCUT2D eigenvalue weighted by Crippen LogP contribution is 2.26. The molecule has 1 atom stereocenters. The number of nitrogens with one attached hydrogen (secondary N) is 1. The standard InChI is InChI=1S/C15H21N3O/c1-17-9-10-18(15(17)19)14-6-4-12(5-7-14)13-3-2-8-16-11-13/h4-7,13,16H,2-3,8-11H2,1H3. The van der Waals surface area contributed by atoms with Gasteiger partial charge in [-0.05, 0) is 43.0 Å². The van der Waals surface area contributed by atoms with Gasteiger partial charge in [0.1, 0.15) is 0 Å². The van der Waals surface area contributed by atoms with Crippen LogP contribution in [0.3, 0.4) is 0 Å². The third-order valence-corrected chi connectivity index (χ3v) is 4.19. The first-order valence-electron chi connectivity index (χ1n) is 7.09. The zero-order valence-electron chi connectivity index (χ0n) is 11.4. The number of benzene rings is 1. The van der Waals surface area contributed by atoms with Crippen LogP contribution >= 0.6 is 0 Å². The second-order valence-corrected chi connectivity index (χ2v) is 5.49. The van der Waals surface area contributed by atoms with Gasteiger partial charge < -0.3 is 10.2 Å². The molecule has 2 heterocycles. The van der Waals surface area contributed by atoms with Crippen molar-refractivity contribution in [3.63, 3.8) is 0 Å². The maximum Gasteiger partial charge on any atom is 0.324 e. The fourth-order valence-corrected chi connectivity index (χ4v) is 2.95. The second-order valence-electron chi connectivity index (χ2n) is 5.49. The van der Waals surface area contributed by atoms with Gasteiger partial charge in [-0.3, -0.25) is 4.90 Å². The molecule has 0 radical (unpaired) electrons. The van der Waals surface area contributed by atoms with Crippen LogP contribution in [0.1, 0.15) is 24.3 Å². The SMILES string of the molecule is CN1CCN(c2ccc(C3CCCNC3)cc2)C1=O. The summed E-state index contributed by atoms with van der Waals surface area (Å²) in [6.07, 6.45) is 2.51. The van der Waals surface area contributed by atoms with Crippen LogP contribution in [0.2, 0.25) is 0 Å². The van der Waals surface area contributed by atoms with Gasteiger partial charge in [-0.1, -0.05) is 12.1 Å². The largest absolute Gasteiger partial charge is 0.326 e. The Bertz CT molecular complexity index is 451. The zero-order valence-corrected chi connectivity index (χ0v) is 11.4. The van der Waals surface area contributed by atoms with Crippen molar-refractivity contribution in [1.82, 2.24) is 10.2 Å². The second kappa shape index (κ2) is 5.21. The topological polar surface area (TPSA) is 35.6 Å². The third kappa shape index (κ3) is 2.45. The normalized spacial score (nSPS) is 24.1. The van der Waals surface area contributed by atoms with Crippen molar-refractivity contribution in [2.45, 2.75) is 18.8 Å². The molecule has 1 N–H and O–H groups in total. The molecule has 2 aliphatic heterocycles. The Balaban J connectivity index is 1.73. The number of carbonyl (C=O) groups excluding carboxylic acids is 1. The van der Waals surface area contributed by atoms with Gasteiger partial charge in [-0.2, -0.15) is 0 Å². The Kier molecular flexibility index (Phi) is 3.42. The van der Waals surface area contributed by atoms with E-state index in [-0.39, 0.29) is 6.03 Å². The van der Waals surface area contributed by atoms with Crippen LogP contribution in [0.4, 0.5) is 10.5 Å². The van der Waals surface area contributed by atoms with Crippen LogP contribution < -0.4 is 10.2 Å². The maximum atomic E-state index is 11.9. The number of piperidine rings is 1. The number of hydrogen-bond donors (Lipinski definition) is 1. The first kappa shape index (κ1) is 12.5. The van der Waals surface area contributed by atoms with Crippen LogP contribution in [0.5, 0.6) is 0 Å². The van der Waals surface area contributed by atoms with E-state index < -0.39 is 0 Å². The molecule has 2 fully saturated rings. The summed E-state index contributed by atoms with van der Waals surface area (Å²) in [5.41, 5.74) is 2.40. The molecular formula is C15H21N3O. The first-order valence-corrected chi connectivity index (χ1v) is 7.09. The van der Waals surface area contributed by atoms with E-state index in [0.29, 0.717) is 5.92 Å². The Morgan fingerprint density at radius 2 is 2.00 bits per heavy atom. The predicted molar refractivity (Wildman–Crippen MR) is 76.7 cm³/mol. The van der Waals surface area contributed by atoms with Crippen molar-refractivity contribution in [3.05, 3.63) is 29.8 Å². The molecule has 4 heteroatoms. The average molecular weight is 259 g/mol. The molecule has 4 nitrogen and oxygen atoms in total. The number of hydrogen-bond acceptors (Lipinski definition) is 2. The van der Waals surface area contributed by atoms with Crippen LogP contribution in [-0.2, 0) is 0 Å². The van der Waals surface area contributed by atoms with E-state index in [0.717, 1.165) is 31.9 Å². The smallest absolute Gasteiger partial charge is 0.324 e. The summed E-state index contributed by atoms with van der Waals surface area (Å²) in [6, 6.07) is 8.63. The van der Waals surface area contributed by atoms with Crippen molar-refractivity contribution in [2.75, 3.05) is 38.1 Å². The average Bonchev–Trinajstić information content (AvgIpc) is 2.80. The molecule has 1 aromatic rings. The van der Waals surface area contributed by atoms with Gasteiger partial charge in [0.15, 0.2) is 0 Å². The molecule has 0 aromatic heterocycles. The Morgan fingerprint density at radius 1 is 1.21 bits per heavy atom. The summed E-state index contributed by atoms with van der Waals surface area (Å²) >= 11 is 0. The molecule has 102 valence electrons. The van der Waals surface area contributed by atoms with E-state index in [2.05, 4.69) is 29.6 Å². The molecule has 1 aromatic carbocycles. The molecular weight excluding hydrogens is 238 g/mol. The molecule has 19 heavy (non-hydrogen) atoms. The fraction of sp³-hybridized carbons (Fsp3) is 0.533. The summed E-state index contributed by atoms with van der Waals surface area (Å²) < 4.78 is 0. The Morgan fingerprint density at radius 3 is 2.58 bits per heavy atom. The highest BCUT2D eigenvalue weighted by Gasteiger charge is 2.26. The van der Waals surface area contributed by atoms with E-state index >= 15 is 0 Å². The highest BCUT2D eigenvalue weighted by atomic mass is 16.2. The summed E-state index contributed by atoms with van der Waals surface area (Å²) in [6.45, 7) is 3.82. The number of nitrogens with zero attached hydrogens (tertiary/aromatic N) is 2. The number of likely N-dealkylation sites (N-methyl/N-ethyl adjacent to an activating group) is 1. The Labute approximate surface area is 114 Å². The van der Waals surface area contributed by atoms with Gasteiger partial charge in [0.25, 0.3) is 0 Å². The monoisotopic (exact) mass is 259 g/mol. The van der Waals surface area contributed by atoms with Crippen LogP contribution in [0.15, 0.2) is 24.3 Å². The number of urea groups is 1. The molecule has 0 saturated carbocycles. The summed E-state index contributed by atoms with van der Waals surface area (Å²) in [5.74, 6) is 0.625. The van der Waals surface area contributed by atoms with Gasteiger partial charge in [-0.15, -0.1) is 0 Å². The summed E-state index contributed by atoms with van der Waals surface area (Å²) in [7, 11) is 1.85. The number of rotatable bonds is 2. The van der Waals surface area contributed by atoms with Crippen LogP contribution in [-0.4, -0.2) is 44.2 Å². The predicted octanol–water partition coefficient (Wildman–Crippen LogP) is 2.03. The minimum atomic E-state index is 0.104. The van der Waals surface area contributed by atoms with E-state index in [9.17, 15) is 4.79 Å². The zero-order chi connectivity index (χ0) is 13.2. The molecule has 2 aliphatic rings. The molecule has 0 aliphatic carbocycles. The molecule has 1 unspecified atom stereocenters. The lowest BCUT2D eigenvalue weighted by molar-refractivity contribution is 0.229. The molecule has 2 amide bonds. The number of amides is 2. The quantitative estimate of drug-likeness (QED) is 0.882. The fourth-order valence-electron chi connectivity index (χ4n) is 2.95.